The highest BCUT2D eigenvalue weighted by atomic mass is 16.3. The molecule has 0 aliphatic rings. The minimum Gasteiger partial charge on any atom is -0.467 e. The van der Waals surface area contributed by atoms with E-state index in [9.17, 15) is 0 Å². The van der Waals surface area contributed by atoms with Crippen molar-refractivity contribution >= 4 is 5.82 Å². The predicted octanol–water partition coefficient (Wildman–Crippen LogP) is 2.21. The number of hydrogen-bond donors (Lipinski definition) is 1. The molecule has 0 saturated carbocycles. The first-order chi connectivity index (χ1) is 9.29. The van der Waals surface area contributed by atoms with Crippen LogP contribution in [0.5, 0.6) is 0 Å². The second-order valence-electron chi connectivity index (χ2n) is 4.48. The molecular formula is C14H20N4O. The van der Waals surface area contributed by atoms with Crippen LogP contribution in [0.1, 0.15) is 24.8 Å². The molecule has 2 rings (SSSR count). The third kappa shape index (κ3) is 4.06. The van der Waals surface area contributed by atoms with Crippen LogP contribution in [0.3, 0.4) is 0 Å². The molecule has 0 aliphatic heterocycles. The lowest BCUT2D eigenvalue weighted by Crippen LogP contribution is -2.20. The van der Waals surface area contributed by atoms with E-state index in [2.05, 4.69) is 22.2 Å². The van der Waals surface area contributed by atoms with Crippen LogP contribution < -0.4 is 10.2 Å². The number of furan rings is 1. The summed E-state index contributed by atoms with van der Waals surface area (Å²) in [5.41, 5.74) is 0.956. The SMILES string of the molecule is CCCNCc1cncc(N(C)Cc2ccco2)n1. The Kier molecular flexibility index (Phi) is 4.92. The summed E-state index contributed by atoms with van der Waals surface area (Å²) in [6.07, 6.45) is 6.37. The Morgan fingerprint density at radius 1 is 1.37 bits per heavy atom. The van der Waals surface area contributed by atoms with E-state index in [1.807, 2.05) is 24.1 Å². The van der Waals surface area contributed by atoms with Gasteiger partial charge >= 0.3 is 0 Å². The lowest BCUT2D eigenvalue weighted by Gasteiger charge is -2.17. The zero-order chi connectivity index (χ0) is 13.5. The van der Waals surface area contributed by atoms with Crippen LogP contribution in [0.15, 0.2) is 35.2 Å². The molecule has 5 nitrogen and oxygen atoms in total. The van der Waals surface area contributed by atoms with Gasteiger partial charge in [-0.1, -0.05) is 6.92 Å². The highest BCUT2D eigenvalue weighted by Gasteiger charge is 2.06. The van der Waals surface area contributed by atoms with Crippen LogP contribution in [-0.2, 0) is 13.1 Å². The van der Waals surface area contributed by atoms with E-state index in [0.717, 1.165) is 36.8 Å². The molecule has 0 fully saturated rings. The van der Waals surface area contributed by atoms with E-state index in [0.29, 0.717) is 6.54 Å². The van der Waals surface area contributed by atoms with Gasteiger partial charge in [-0.25, -0.2) is 4.98 Å². The van der Waals surface area contributed by atoms with E-state index >= 15 is 0 Å². The maximum atomic E-state index is 5.33. The highest BCUT2D eigenvalue weighted by Crippen LogP contribution is 2.12. The van der Waals surface area contributed by atoms with Crippen molar-refractivity contribution in [2.24, 2.45) is 0 Å². The third-order valence-electron chi connectivity index (χ3n) is 2.77. The molecular weight excluding hydrogens is 240 g/mol. The Morgan fingerprint density at radius 2 is 2.26 bits per heavy atom. The topological polar surface area (TPSA) is 54.2 Å². The standard InChI is InChI=1S/C14H20N4O/c1-3-6-15-8-12-9-16-10-14(17-12)18(2)11-13-5-4-7-19-13/h4-5,7,9-10,15H,3,6,8,11H2,1-2H3. The first-order valence-corrected chi connectivity index (χ1v) is 6.54. The molecule has 102 valence electrons. The molecule has 0 radical (unpaired) electrons. The van der Waals surface area contributed by atoms with Gasteiger partial charge in [0, 0.05) is 19.8 Å². The van der Waals surface area contributed by atoms with Crippen molar-refractivity contribution in [1.29, 1.82) is 0 Å². The smallest absolute Gasteiger partial charge is 0.147 e. The van der Waals surface area contributed by atoms with E-state index in [4.69, 9.17) is 4.42 Å². The molecule has 2 heterocycles. The van der Waals surface area contributed by atoms with Crippen LogP contribution in [-0.4, -0.2) is 23.6 Å². The van der Waals surface area contributed by atoms with Crippen LogP contribution in [0.2, 0.25) is 0 Å². The molecule has 2 aromatic rings. The minimum absolute atomic E-state index is 0.688. The van der Waals surface area contributed by atoms with Crippen LogP contribution in [0, 0.1) is 0 Å². The Bertz CT molecular complexity index is 484. The average molecular weight is 260 g/mol. The van der Waals surface area contributed by atoms with Gasteiger partial charge in [0.2, 0.25) is 0 Å². The average Bonchev–Trinajstić information content (AvgIpc) is 2.92. The zero-order valence-electron chi connectivity index (χ0n) is 11.5. The molecule has 0 atom stereocenters. The fourth-order valence-electron chi connectivity index (χ4n) is 1.77. The van der Waals surface area contributed by atoms with Crippen molar-refractivity contribution in [2.75, 3.05) is 18.5 Å². The molecule has 0 aromatic carbocycles. The van der Waals surface area contributed by atoms with Gasteiger partial charge < -0.3 is 14.6 Å². The Labute approximate surface area is 113 Å². The normalized spacial score (nSPS) is 10.6. The molecule has 0 unspecified atom stereocenters. The van der Waals surface area contributed by atoms with Crippen LogP contribution in [0.4, 0.5) is 5.82 Å². The van der Waals surface area contributed by atoms with Crippen molar-refractivity contribution in [2.45, 2.75) is 26.4 Å². The number of hydrogen-bond acceptors (Lipinski definition) is 5. The van der Waals surface area contributed by atoms with Crippen molar-refractivity contribution < 1.29 is 4.42 Å². The van der Waals surface area contributed by atoms with Gasteiger partial charge in [0.05, 0.1) is 24.7 Å². The summed E-state index contributed by atoms with van der Waals surface area (Å²) in [7, 11) is 1.98. The zero-order valence-corrected chi connectivity index (χ0v) is 11.5. The van der Waals surface area contributed by atoms with Crippen LogP contribution in [0.25, 0.3) is 0 Å². The quantitative estimate of drug-likeness (QED) is 0.773. The molecule has 2 aromatic heterocycles. The molecule has 0 saturated heterocycles. The number of nitrogens with one attached hydrogen (secondary N) is 1. The monoisotopic (exact) mass is 260 g/mol. The number of rotatable bonds is 7. The second kappa shape index (κ2) is 6.89. The van der Waals surface area contributed by atoms with Gasteiger partial charge in [0.15, 0.2) is 0 Å². The Balaban J connectivity index is 1.97. The summed E-state index contributed by atoms with van der Waals surface area (Å²) in [4.78, 5) is 10.8. The van der Waals surface area contributed by atoms with Crippen molar-refractivity contribution in [1.82, 2.24) is 15.3 Å². The summed E-state index contributed by atoms with van der Waals surface area (Å²) in [6, 6.07) is 3.84. The van der Waals surface area contributed by atoms with Gasteiger partial charge in [-0.2, -0.15) is 0 Å². The fraction of sp³-hybridized carbons (Fsp3) is 0.429. The highest BCUT2D eigenvalue weighted by molar-refractivity contribution is 5.35. The summed E-state index contributed by atoms with van der Waals surface area (Å²) in [5.74, 6) is 1.77. The summed E-state index contributed by atoms with van der Waals surface area (Å²) in [6.45, 7) is 4.58. The first-order valence-electron chi connectivity index (χ1n) is 6.54. The number of nitrogens with zero attached hydrogens (tertiary/aromatic N) is 3. The lowest BCUT2D eigenvalue weighted by atomic mass is 10.4. The predicted molar refractivity (Wildman–Crippen MR) is 74.8 cm³/mol. The molecule has 0 aliphatic carbocycles. The maximum absolute atomic E-state index is 5.33. The Morgan fingerprint density at radius 3 is 3.00 bits per heavy atom. The van der Waals surface area contributed by atoms with E-state index in [-0.39, 0.29) is 0 Å². The summed E-state index contributed by atoms with van der Waals surface area (Å²) < 4.78 is 5.33. The largest absolute Gasteiger partial charge is 0.467 e. The van der Waals surface area contributed by atoms with Crippen molar-refractivity contribution in [3.05, 3.63) is 42.2 Å². The van der Waals surface area contributed by atoms with Crippen LogP contribution >= 0.6 is 0 Å². The van der Waals surface area contributed by atoms with Crippen molar-refractivity contribution in [3.8, 4) is 0 Å². The number of aromatic nitrogens is 2. The molecule has 1 N–H and O–H groups in total. The van der Waals surface area contributed by atoms with Crippen molar-refractivity contribution in [3.63, 3.8) is 0 Å². The maximum Gasteiger partial charge on any atom is 0.147 e. The van der Waals surface area contributed by atoms with Gasteiger partial charge in [-0.3, -0.25) is 4.98 Å². The van der Waals surface area contributed by atoms with E-state index in [1.54, 1.807) is 18.7 Å². The molecule has 0 bridgehead atoms. The van der Waals surface area contributed by atoms with E-state index < -0.39 is 0 Å². The fourth-order valence-corrected chi connectivity index (χ4v) is 1.77. The van der Waals surface area contributed by atoms with E-state index in [1.165, 1.54) is 0 Å². The van der Waals surface area contributed by atoms with Gasteiger partial charge in [0.25, 0.3) is 0 Å². The molecule has 0 amide bonds. The van der Waals surface area contributed by atoms with Gasteiger partial charge in [-0.05, 0) is 25.1 Å². The molecule has 0 spiro atoms. The third-order valence-corrected chi connectivity index (χ3v) is 2.77. The summed E-state index contributed by atoms with van der Waals surface area (Å²) >= 11 is 0. The summed E-state index contributed by atoms with van der Waals surface area (Å²) in [5, 5.41) is 3.32. The molecule has 5 heteroatoms. The second-order valence-corrected chi connectivity index (χ2v) is 4.48. The van der Waals surface area contributed by atoms with Gasteiger partial charge in [0.1, 0.15) is 11.6 Å². The first kappa shape index (κ1) is 13.5. The minimum atomic E-state index is 0.688. The molecule has 19 heavy (non-hydrogen) atoms. The van der Waals surface area contributed by atoms with Gasteiger partial charge in [-0.15, -0.1) is 0 Å². The Hall–Kier alpha value is -1.88. The number of anilines is 1. The lowest BCUT2D eigenvalue weighted by molar-refractivity contribution is 0.506.